The van der Waals surface area contributed by atoms with Crippen LogP contribution in [-0.2, 0) is 9.59 Å². The van der Waals surface area contributed by atoms with Crippen LogP contribution in [0.1, 0.15) is 12.8 Å². The topological polar surface area (TPSA) is 84.2 Å². The fourth-order valence-electron chi connectivity index (χ4n) is 1.52. The smallest absolute Gasteiger partial charge is 0.239 e. The lowest BCUT2D eigenvalue weighted by molar-refractivity contribution is -0.125. The normalized spacial score (nSPS) is 16.8. The van der Waals surface area contributed by atoms with Gasteiger partial charge in [0, 0.05) is 6.54 Å². The van der Waals surface area contributed by atoms with Crippen molar-refractivity contribution < 1.29 is 9.59 Å². The van der Waals surface area contributed by atoms with Crippen LogP contribution in [0.2, 0.25) is 0 Å². The number of rotatable bonds is 5. The minimum Gasteiger partial charge on any atom is -0.354 e. The third-order valence-corrected chi connectivity index (χ3v) is 3.61. The highest BCUT2D eigenvalue weighted by molar-refractivity contribution is 7.99. The Morgan fingerprint density at radius 3 is 2.50 bits per heavy atom. The molecule has 2 amide bonds. The van der Waals surface area contributed by atoms with E-state index in [-0.39, 0.29) is 24.9 Å². The number of carbonyl (C=O) groups excluding carboxylic acids is 2. The van der Waals surface area contributed by atoms with E-state index in [9.17, 15) is 9.59 Å². The number of hydrogen-bond donors (Lipinski definition) is 3. The second-order valence-electron chi connectivity index (χ2n) is 3.84. The molecule has 6 heteroatoms. The first-order valence-electron chi connectivity index (χ1n) is 5.53. The predicted octanol–water partition coefficient (Wildman–Crippen LogP) is -0.679. The molecule has 1 aliphatic heterocycles. The van der Waals surface area contributed by atoms with Gasteiger partial charge in [0.25, 0.3) is 0 Å². The lowest BCUT2D eigenvalue weighted by atomic mass is 10.0. The van der Waals surface area contributed by atoms with Crippen molar-refractivity contribution in [1.82, 2.24) is 10.6 Å². The van der Waals surface area contributed by atoms with Crippen molar-refractivity contribution in [1.29, 1.82) is 0 Å². The van der Waals surface area contributed by atoms with Gasteiger partial charge in [0.05, 0.1) is 13.1 Å². The second kappa shape index (κ2) is 7.51. The van der Waals surface area contributed by atoms with Gasteiger partial charge in [-0.3, -0.25) is 9.59 Å². The Morgan fingerprint density at radius 1 is 1.19 bits per heavy atom. The van der Waals surface area contributed by atoms with Crippen molar-refractivity contribution in [3.05, 3.63) is 0 Å². The van der Waals surface area contributed by atoms with Gasteiger partial charge in [-0.2, -0.15) is 11.8 Å². The van der Waals surface area contributed by atoms with E-state index < -0.39 is 0 Å². The Balaban J connectivity index is 2.07. The Labute approximate surface area is 99.9 Å². The molecule has 92 valence electrons. The molecule has 0 aromatic rings. The standard InChI is InChI=1S/C10H19N3O2S/c11-5-9(14)13-7-10(15)12-6-8-1-3-16-4-2-8/h8H,1-7,11H2,(H,12,15)(H,13,14). The van der Waals surface area contributed by atoms with Crippen LogP contribution in [0, 0.1) is 5.92 Å². The number of hydrogen-bond acceptors (Lipinski definition) is 4. The summed E-state index contributed by atoms with van der Waals surface area (Å²) in [5.41, 5.74) is 5.10. The minimum absolute atomic E-state index is 0.0253. The van der Waals surface area contributed by atoms with Crippen molar-refractivity contribution >= 4 is 23.6 Å². The van der Waals surface area contributed by atoms with Crippen molar-refractivity contribution in [3.8, 4) is 0 Å². The lowest BCUT2D eigenvalue weighted by Crippen LogP contribution is -2.41. The van der Waals surface area contributed by atoms with Crippen LogP contribution in [0.3, 0.4) is 0 Å². The third kappa shape index (κ3) is 5.37. The molecule has 1 fully saturated rings. The molecular formula is C10H19N3O2S. The molecule has 0 radical (unpaired) electrons. The summed E-state index contributed by atoms with van der Waals surface area (Å²) >= 11 is 1.97. The zero-order chi connectivity index (χ0) is 11.8. The molecule has 0 spiro atoms. The number of amides is 2. The zero-order valence-corrected chi connectivity index (χ0v) is 10.1. The first kappa shape index (κ1) is 13.3. The van der Waals surface area contributed by atoms with Crippen molar-refractivity contribution in [3.63, 3.8) is 0 Å². The Hall–Kier alpha value is -0.750. The molecule has 5 nitrogen and oxygen atoms in total. The summed E-state index contributed by atoms with van der Waals surface area (Å²) < 4.78 is 0. The molecule has 4 N–H and O–H groups in total. The summed E-state index contributed by atoms with van der Waals surface area (Å²) in [6, 6.07) is 0. The third-order valence-electron chi connectivity index (χ3n) is 2.56. The fourth-order valence-corrected chi connectivity index (χ4v) is 2.73. The van der Waals surface area contributed by atoms with Gasteiger partial charge in [0.1, 0.15) is 0 Å². The molecule has 0 unspecified atom stereocenters. The van der Waals surface area contributed by atoms with E-state index in [1.807, 2.05) is 11.8 Å². The van der Waals surface area contributed by atoms with Gasteiger partial charge >= 0.3 is 0 Å². The average molecular weight is 245 g/mol. The maximum Gasteiger partial charge on any atom is 0.239 e. The largest absolute Gasteiger partial charge is 0.354 e. The maximum absolute atomic E-state index is 11.3. The second-order valence-corrected chi connectivity index (χ2v) is 5.07. The van der Waals surface area contributed by atoms with Crippen LogP contribution in [0.15, 0.2) is 0 Å². The molecule has 0 atom stereocenters. The van der Waals surface area contributed by atoms with Gasteiger partial charge in [-0.05, 0) is 30.3 Å². The average Bonchev–Trinajstić information content (AvgIpc) is 2.34. The molecule has 1 saturated heterocycles. The predicted molar refractivity (Wildman–Crippen MR) is 65.1 cm³/mol. The molecule has 0 aromatic heterocycles. The zero-order valence-electron chi connectivity index (χ0n) is 9.33. The number of nitrogens with two attached hydrogens (primary N) is 1. The van der Waals surface area contributed by atoms with Crippen LogP contribution in [0.25, 0.3) is 0 Å². The number of thioether (sulfide) groups is 1. The van der Waals surface area contributed by atoms with Gasteiger partial charge in [0.2, 0.25) is 11.8 Å². The Morgan fingerprint density at radius 2 is 1.88 bits per heavy atom. The van der Waals surface area contributed by atoms with E-state index in [0.717, 1.165) is 6.54 Å². The highest BCUT2D eigenvalue weighted by Gasteiger charge is 2.14. The summed E-state index contributed by atoms with van der Waals surface area (Å²) in [4.78, 5) is 22.1. The van der Waals surface area contributed by atoms with E-state index in [1.165, 1.54) is 24.3 Å². The highest BCUT2D eigenvalue weighted by Crippen LogP contribution is 2.21. The molecule has 0 aromatic carbocycles. The van der Waals surface area contributed by atoms with Crippen LogP contribution in [-0.4, -0.2) is 43.0 Å². The maximum atomic E-state index is 11.3. The SMILES string of the molecule is NCC(=O)NCC(=O)NCC1CCSCC1. The fraction of sp³-hybridized carbons (Fsp3) is 0.800. The van der Waals surface area contributed by atoms with E-state index in [2.05, 4.69) is 10.6 Å². The van der Waals surface area contributed by atoms with Crippen molar-refractivity contribution in [2.24, 2.45) is 11.7 Å². The molecule has 1 heterocycles. The van der Waals surface area contributed by atoms with Gasteiger partial charge in [-0.25, -0.2) is 0 Å². The highest BCUT2D eigenvalue weighted by atomic mass is 32.2. The summed E-state index contributed by atoms with van der Waals surface area (Å²) in [7, 11) is 0. The van der Waals surface area contributed by atoms with Gasteiger partial charge in [-0.1, -0.05) is 0 Å². The van der Waals surface area contributed by atoms with Crippen molar-refractivity contribution in [2.45, 2.75) is 12.8 Å². The van der Waals surface area contributed by atoms with Gasteiger partial charge in [0.15, 0.2) is 0 Å². The first-order chi connectivity index (χ1) is 7.72. The van der Waals surface area contributed by atoms with Gasteiger partial charge < -0.3 is 16.4 Å². The monoisotopic (exact) mass is 245 g/mol. The number of carbonyl (C=O) groups is 2. The molecule has 1 rings (SSSR count). The Kier molecular flexibility index (Phi) is 6.25. The van der Waals surface area contributed by atoms with E-state index >= 15 is 0 Å². The van der Waals surface area contributed by atoms with E-state index in [1.54, 1.807) is 0 Å². The summed E-state index contributed by atoms with van der Waals surface area (Å²) in [6.45, 7) is 0.669. The number of nitrogens with one attached hydrogen (secondary N) is 2. The lowest BCUT2D eigenvalue weighted by Gasteiger charge is -2.21. The molecule has 0 bridgehead atoms. The minimum atomic E-state index is -0.302. The van der Waals surface area contributed by atoms with Crippen LogP contribution in [0.4, 0.5) is 0 Å². The molecule has 0 saturated carbocycles. The molecule has 0 aliphatic carbocycles. The summed E-state index contributed by atoms with van der Waals surface area (Å²) in [5, 5.41) is 5.27. The molecular weight excluding hydrogens is 226 g/mol. The molecule has 1 aliphatic rings. The van der Waals surface area contributed by atoms with Gasteiger partial charge in [-0.15, -0.1) is 0 Å². The van der Waals surface area contributed by atoms with Crippen LogP contribution in [0.5, 0.6) is 0 Å². The Bertz CT molecular complexity index is 242. The van der Waals surface area contributed by atoms with Crippen LogP contribution < -0.4 is 16.4 Å². The van der Waals surface area contributed by atoms with Crippen molar-refractivity contribution in [2.75, 3.05) is 31.1 Å². The van der Waals surface area contributed by atoms with Crippen LogP contribution >= 0.6 is 11.8 Å². The van der Waals surface area contributed by atoms with E-state index in [0.29, 0.717) is 5.92 Å². The quantitative estimate of drug-likeness (QED) is 0.599. The van der Waals surface area contributed by atoms with E-state index in [4.69, 9.17) is 5.73 Å². The first-order valence-corrected chi connectivity index (χ1v) is 6.69. The summed E-state index contributed by atoms with van der Waals surface area (Å²) in [6.07, 6.45) is 2.33. The molecule has 16 heavy (non-hydrogen) atoms. The summed E-state index contributed by atoms with van der Waals surface area (Å²) in [5.74, 6) is 2.52.